The third-order valence-electron chi connectivity index (χ3n) is 2.75. The molecule has 0 spiro atoms. The highest BCUT2D eigenvalue weighted by atomic mass is 32.2. The maximum Gasteiger partial charge on any atom is 0.180 e. The highest BCUT2D eigenvalue weighted by Crippen LogP contribution is 2.23. The SMILES string of the molecule is O=C(CN1CCSCC1)c1ccc(O)cc1O. The minimum Gasteiger partial charge on any atom is -0.508 e. The van der Waals surface area contributed by atoms with Gasteiger partial charge in [0.25, 0.3) is 0 Å². The van der Waals surface area contributed by atoms with E-state index in [1.807, 2.05) is 11.8 Å². The van der Waals surface area contributed by atoms with Crippen molar-refractivity contribution in [2.24, 2.45) is 0 Å². The average molecular weight is 253 g/mol. The van der Waals surface area contributed by atoms with Crippen molar-refractivity contribution in [3.63, 3.8) is 0 Å². The molecule has 0 radical (unpaired) electrons. The van der Waals surface area contributed by atoms with Gasteiger partial charge < -0.3 is 10.2 Å². The highest BCUT2D eigenvalue weighted by Gasteiger charge is 2.17. The van der Waals surface area contributed by atoms with Gasteiger partial charge in [-0.3, -0.25) is 9.69 Å². The minimum absolute atomic E-state index is 0.0339. The predicted octanol–water partition coefficient (Wildman–Crippen LogP) is 1.33. The van der Waals surface area contributed by atoms with Crippen molar-refractivity contribution in [1.82, 2.24) is 4.90 Å². The number of phenolic OH excluding ortho intramolecular Hbond substituents is 2. The number of phenols is 2. The molecule has 1 aliphatic heterocycles. The molecule has 4 nitrogen and oxygen atoms in total. The number of rotatable bonds is 3. The Kier molecular flexibility index (Phi) is 3.91. The van der Waals surface area contributed by atoms with Crippen LogP contribution in [0.15, 0.2) is 18.2 Å². The summed E-state index contributed by atoms with van der Waals surface area (Å²) in [5, 5.41) is 18.7. The average Bonchev–Trinajstić information content (AvgIpc) is 2.30. The quantitative estimate of drug-likeness (QED) is 0.796. The molecule has 0 aromatic heterocycles. The third kappa shape index (κ3) is 3.14. The Bertz CT molecular complexity index is 416. The van der Waals surface area contributed by atoms with Gasteiger partial charge in [0.1, 0.15) is 11.5 Å². The highest BCUT2D eigenvalue weighted by molar-refractivity contribution is 7.99. The molecule has 1 fully saturated rings. The maximum absolute atomic E-state index is 12.0. The summed E-state index contributed by atoms with van der Waals surface area (Å²) in [5.41, 5.74) is 0.279. The lowest BCUT2D eigenvalue weighted by Crippen LogP contribution is -2.36. The zero-order valence-corrected chi connectivity index (χ0v) is 10.2. The fourth-order valence-corrected chi connectivity index (χ4v) is 2.78. The van der Waals surface area contributed by atoms with E-state index in [4.69, 9.17) is 5.11 Å². The molecule has 0 atom stereocenters. The summed E-state index contributed by atoms with van der Waals surface area (Å²) in [6.45, 7) is 2.16. The number of carbonyl (C=O) groups is 1. The van der Waals surface area contributed by atoms with E-state index in [0.717, 1.165) is 24.6 Å². The fourth-order valence-electron chi connectivity index (χ4n) is 1.80. The second kappa shape index (κ2) is 5.42. The molecule has 1 saturated heterocycles. The second-order valence-corrected chi connectivity index (χ2v) is 5.24. The van der Waals surface area contributed by atoms with E-state index in [2.05, 4.69) is 4.90 Å². The van der Waals surface area contributed by atoms with Crippen molar-refractivity contribution in [2.75, 3.05) is 31.1 Å². The van der Waals surface area contributed by atoms with Crippen LogP contribution in [0.3, 0.4) is 0 Å². The maximum atomic E-state index is 12.0. The minimum atomic E-state index is -0.151. The van der Waals surface area contributed by atoms with Gasteiger partial charge in [-0.05, 0) is 12.1 Å². The first-order valence-corrected chi connectivity index (χ1v) is 6.67. The van der Waals surface area contributed by atoms with Crippen LogP contribution in [-0.4, -0.2) is 52.0 Å². The molecule has 1 aromatic rings. The number of hydrogen-bond acceptors (Lipinski definition) is 5. The lowest BCUT2D eigenvalue weighted by atomic mass is 10.1. The van der Waals surface area contributed by atoms with E-state index in [0.29, 0.717) is 6.54 Å². The van der Waals surface area contributed by atoms with E-state index >= 15 is 0 Å². The van der Waals surface area contributed by atoms with Crippen molar-refractivity contribution in [1.29, 1.82) is 0 Å². The van der Waals surface area contributed by atoms with Gasteiger partial charge in [0.15, 0.2) is 5.78 Å². The summed E-state index contributed by atoms with van der Waals surface area (Å²) < 4.78 is 0. The van der Waals surface area contributed by atoms with Gasteiger partial charge in [0, 0.05) is 30.7 Å². The van der Waals surface area contributed by atoms with Gasteiger partial charge in [0.05, 0.1) is 12.1 Å². The van der Waals surface area contributed by atoms with Crippen LogP contribution in [0.5, 0.6) is 11.5 Å². The summed E-state index contributed by atoms with van der Waals surface area (Å²) in [6.07, 6.45) is 0. The van der Waals surface area contributed by atoms with Gasteiger partial charge in [-0.25, -0.2) is 0 Å². The number of aromatic hydroxyl groups is 2. The Morgan fingerprint density at radius 3 is 2.65 bits per heavy atom. The first-order valence-electron chi connectivity index (χ1n) is 5.52. The molecule has 0 aliphatic carbocycles. The molecule has 0 unspecified atom stereocenters. The molecular formula is C12H15NO3S. The molecule has 92 valence electrons. The fraction of sp³-hybridized carbons (Fsp3) is 0.417. The van der Waals surface area contributed by atoms with E-state index in [1.165, 1.54) is 18.2 Å². The van der Waals surface area contributed by atoms with E-state index < -0.39 is 0 Å². The monoisotopic (exact) mass is 253 g/mol. The van der Waals surface area contributed by atoms with Crippen molar-refractivity contribution in [3.8, 4) is 11.5 Å². The molecule has 1 heterocycles. The van der Waals surface area contributed by atoms with E-state index in [9.17, 15) is 9.90 Å². The number of thioether (sulfide) groups is 1. The standard InChI is InChI=1S/C12H15NO3S/c14-9-1-2-10(11(15)7-9)12(16)8-13-3-5-17-6-4-13/h1-2,7,14-15H,3-6,8H2. The van der Waals surface area contributed by atoms with Crippen LogP contribution in [0.2, 0.25) is 0 Å². The van der Waals surface area contributed by atoms with Gasteiger partial charge >= 0.3 is 0 Å². The summed E-state index contributed by atoms with van der Waals surface area (Å²) in [5.74, 6) is 1.81. The summed E-state index contributed by atoms with van der Waals surface area (Å²) in [7, 11) is 0. The first-order chi connectivity index (χ1) is 8.16. The lowest BCUT2D eigenvalue weighted by Gasteiger charge is -2.25. The van der Waals surface area contributed by atoms with Crippen LogP contribution in [-0.2, 0) is 0 Å². The zero-order valence-electron chi connectivity index (χ0n) is 9.43. The van der Waals surface area contributed by atoms with Crippen molar-refractivity contribution >= 4 is 17.5 Å². The Hall–Kier alpha value is -1.20. The number of hydrogen-bond donors (Lipinski definition) is 2. The molecule has 2 rings (SSSR count). The Labute approximate surface area is 104 Å². The Morgan fingerprint density at radius 1 is 1.29 bits per heavy atom. The largest absolute Gasteiger partial charge is 0.508 e. The normalized spacial score (nSPS) is 16.9. The van der Waals surface area contributed by atoms with E-state index in [1.54, 1.807) is 0 Å². The lowest BCUT2D eigenvalue weighted by molar-refractivity contribution is 0.0934. The van der Waals surface area contributed by atoms with Crippen LogP contribution in [0.4, 0.5) is 0 Å². The summed E-state index contributed by atoms with van der Waals surface area (Å²) >= 11 is 1.89. The van der Waals surface area contributed by atoms with Crippen LogP contribution in [0.1, 0.15) is 10.4 Å². The first kappa shape index (κ1) is 12.3. The van der Waals surface area contributed by atoms with Crippen LogP contribution >= 0.6 is 11.8 Å². The molecule has 1 aliphatic rings. The smallest absolute Gasteiger partial charge is 0.180 e. The van der Waals surface area contributed by atoms with Gasteiger partial charge in [-0.15, -0.1) is 0 Å². The number of Topliss-reactive ketones (excluding diaryl/α,β-unsaturated/α-hetero) is 1. The Morgan fingerprint density at radius 2 is 2.00 bits per heavy atom. The molecule has 0 amide bonds. The number of nitrogens with zero attached hydrogens (tertiary/aromatic N) is 1. The predicted molar refractivity (Wildman–Crippen MR) is 67.9 cm³/mol. The molecule has 17 heavy (non-hydrogen) atoms. The third-order valence-corrected chi connectivity index (χ3v) is 3.70. The van der Waals surface area contributed by atoms with E-state index in [-0.39, 0.29) is 22.8 Å². The van der Waals surface area contributed by atoms with Gasteiger partial charge in [-0.2, -0.15) is 11.8 Å². The summed E-state index contributed by atoms with van der Waals surface area (Å²) in [6, 6.07) is 4.07. The zero-order chi connectivity index (χ0) is 12.3. The van der Waals surface area contributed by atoms with Crippen LogP contribution in [0.25, 0.3) is 0 Å². The molecule has 1 aromatic carbocycles. The second-order valence-electron chi connectivity index (χ2n) is 4.01. The Balaban J connectivity index is 2.03. The number of ketones is 1. The number of carbonyl (C=O) groups excluding carboxylic acids is 1. The molecule has 2 N–H and O–H groups in total. The molecular weight excluding hydrogens is 238 g/mol. The van der Waals surface area contributed by atoms with Crippen LogP contribution < -0.4 is 0 Å². The number of benzene rings is 1. The van der Waals surface area contributed by atoms with Crippen LogP contribution in [0, 0.1) is 0 Å². The summed E-state index contributed by atoms with van der Waals surface area (Å²) in [4.78, 5) is 14.0. The van der Waals surface area contributed by atoms with Gasteiger partial charge in [-0.1, -0.05) is 0 Å². The molecule has 0 saturated carbocycles. The van der Waals surface area contributed by atoms with Crippen molar-refractivity contribution in [2.45, 2.75) is 0 Å². The topological polar surface area (TPSA) is 60.8 Å². The van der Waals surface area contributed by atoms with Crippen molar-refractivity contribution in [3.05, 3.63) is 23.8 Å². The molecule has 0 bridgehead atoms. The van der Waals surface area contributed by atoms with Crippen molar-refractivity contribution < 1.29 is 15.0 Å². The molecule has 5 heteroatoms. The van der Waals surface area contributed by atoms with Gasteiger partial charge in [0.2, 0.25) is 0 Å².